The predicted molar refractivity (Wildman–Crippen MR) is 120 cm³/mol. The molecule has 0 spiro atoms. The molecule has 2 aromatic heterocycles. The Morgan fingerprint density at radius 2 is 1.77 bits per heavy atom. The van der Waals surface area contributed by atoms with Crippen molar-refractivity contribution in [1.29, 1.82) is 0 Å². The summed E-state index contributed by atoms with van der Waals surface area (Å²) < 4.78 is 7.35. The number of ether oxygens (including phenoxy) is 1. The summed E-state index contributed by atoms with van der Waals surface area (Å²) in [6.45, 7) is 1.91. The van der Waals surface area contributed by atoms with Gasteiger partial charge in [-0.25, -0.2) is 4.68 Å². The molecular formula is C23H18ClN5O2. The topological polar surface area (TPSA) is 81.9 Å². The second-order valence-corrected chi connectivity index (χ2v) is 7.07. The molecule has 4 aromatic rings. The molecule has 0 fully saturated rings. The van der Waals surface area contributed by atoms with Crippen LogP contribution < -0.4 is 10.1 Å². The van der Waals surface area contributed by atoms with Crippen molar-refractivity contribution < 1.29 is 9.53 Å². The van der Waals surface area contributed by atoms with Gasteiger partial charge in [0.15, 0.2) is 5.82 Å². The minimum Gasteiger partial charge on any atom is -0.438 e. The molecular weight excluding hydrogens is 414 g/mol. The van der Waals surface area contributed by atoms with E-state index in [0.717, 1.165) is 11.3 Å². The molecule has 1 amide bonds. The van der Waals surface area contributed by atoms with Gasteiger partial charge >= 0.3 is 0 Å². The van der Waals surface area contributed by atoms with Crippen LogP contribution in [0.1, 0.15) is 11.3 Å². The molecule has 1 N–H and O–H groups in total. The van der Waals surface area contributed by atoms with Gasteiger partial charge in [0.25, 0.3) is 0 Å². The normalized spacial score (nSPS) is 10.9. The number of nitrogens with zero attached hydrogens (tertiary/aromatic N) is 4. The summed E-state index contributed by atoms with van der Waals surface area (Å²) in [5, 5.41) is 15.9. The van der Waals surface area contributed by atoms with E-state index in [1.54, 1.807) is 59.3 Å². The number of hydrogen-bond acceptors (Lipinski definition) is 5. The first-order chi connectivity index (χ1) is 15.0. The van der Waals surface area contributed by atoms with Gasteiger partial charge in [0, 0.05) is 29.0 Å². The van der Waals surface area contributed by atoms with Crippen molar-refractivity contribution in [3.05, 3.63) is 95.3 Å². The summed E-state index contributed by atoms with van der Waals surface area (Å²) in [7, 11) is 0. The predicted octanol–water partition coefficient (Wildman–Crippen LogP) is 5.07. The number of carbonyl (C=O) groups is 1. The van der Waals surface area contributed by atoms with Gasteiger partial charge < -0.3 is 10.1 Å². The highest BCUT2D eigenvalue weighted by atomic mass is 35.5. The lowest BCUT2D eigenvalue weighted by Crippen LogP contribution is -2.07. The average molecular weight is 432 g/mol. The molecule has 154 valence electrons. The molecule has 4 rings (SSSR count). The highest BCUT2D eigenvalue weighted by Gasteiger charge is 2.04. The van der Waals surface area contributed by atoms with Crippen molar-refractivity contribution in [2.75, 3.05) is 5.32 Å². The molecule has 0 unspecified atom stereocenters. The maximum absolute atomic E-state index is 12.1. The van der Waals surface area contributed by atoms with Crippen LogP contribution >= 0.6 is 11.6 Å². The molecule has 0 bridgehead atoms. The highest BCUT2D eigenvalue weighted by molar-refractivity contribution is 6.30. The highest BCUT2D eigenvalue weighted by Crippen LogP contribution is 2.21. The maximum atomic E-state index is 12.1. The molecule has 8 heteroatoms. The lowest BCUT2D eigenvalue weighted by molar-refractivity contribution is -0.111. The number of aryl methyl sites for hydroxylation is 1. The number of aromatic nitrogens is 4. The first kappa shape index (κ1) is 20.3. The zero-order valence-electron chi connectivity index (χ0n) is 16.6. The molecule has 0 aliphatic rings. The Balaban J connectivity index is 1.33. The Kier molecular flexibility index (Phi) is 6.05. The van der Waals surface area contributed by atoms with Crippen molar-refractivity contribution in [3.8, 4) is 17.4 Å². The first-order valence-electron chi connectivity index (χ1n) is 9.44. The van der Waals surface area contributed by atoms with Crippen LogP contribution in [-0.2, 0) is 4.79 Å². The van der Waals surface area contributed by atoms with Crippen LogP contribution in [0.4, 0.5) is 5.69 Å². The Bertz CT molecular complexity index is 1200. The SMILES string of the molecule is Cc1ccn(-c2ccc(Oc3ccc(NC(=O)/C=C/c4ccc(Cl)cc4)cc3)nn2)n1. The standard InChI is InChI=1S/C23H18ClN5O2/c1-16-14-15-29(28-16)21-11-13-23(27-26-21)31-20-9-7-19(8-10-20)25-22(30)12-4-17-2-5-18(24)6-3-17/h2-15H,1H3,(H,25,30)/b12-4+. The summed E-state index contributed by atoms with van der Waals surface area (Å²) in [4.78, 5) is 12.1. The Morgan fingerprint density at radius 3 is 2.42 bits per heavy atom. The Morgan fingerprint density at radius 1 is 1.00 bits per heavy atom. The van der Waals surface area contributed by atoms with E-state index in [0.29, 0.717) is 28.2 Å². The zero-order chi connectivity index (χ0) is 21.6. The second kappa shape index (κ2) is 9.23. The molecule has 2 heterocycles. The molecule has 0 radical (unpaired) electrons. The van der Waals surface area contributed by atoms with Crippen molar-refractivity contribution in [1.82, 2.24) is 20.0 Å². The third-order valence-corrected chi connectivity index (χ3v) is 4.48. The molecule has 0 saturated carbocycles. The van der Waals surface area contributed by atoms with E-state index in [1.165, 1.54) is 6.08 Å². The van der Waals surface area contributed by atoms with E-state index in [1.807, 2.05) is 31.3 Å². The maximum Gasteiger partial charge on any atom is 0.248 e. The van der Waals surface area contributed by atoms with Crippen LogP contribution in [-0.4, -0.2) is 25.9 Å². The number of nitrogens with one attached hydrogen (secondary N) is 1. The number of halogens is 1. The fourth-order valence-corrected chi connectivity index (χ4v) is 2.82. The van der Waals surface area contributed by atoms with Gasteiger partial charge in [-0.3, -0.25) is 4.79 Å². The number of benzene rings is 2. The summed E-state index contributed by atoms with van der Waals surface area (Å²) in [6.07, 6.45) is 5.00. The van der Waals surface area contributed by atoms with Gasteiger partial charge in [0.1, 0.15) is 5.75 Å². The molecule has 0 atom stereocenters. The number of anilines is 1. The van der Waals surface area contributed by atoms with Crippen LogP contribution in [0, 0.1) is 6.92 Å². The second-order valence-electron chi connectivity index (χ2n) is 6.63. The number of carbonyl (C=O) groups excluding carboxylic acids is 1. The smallest absolute Gasteiger partial charge is 0.248 e. The largest absolute Gasteiger partial charge is 0.438 e. The lowest BCUT2D eigenvalue weighted by atomic mass is 10.2. The monoisotopic (exact) mass is 431 g/mol. The summed E-state index contributed by atoms with van der Waals surface area (Å²) in [5.74, 6) is 1.30. The van der Waals surface area contributed by atoms with E-state index in [4.69, 9.17) is 16.3 Å². The molecule has 31 heavy (non-hydrogen) atoms. The number of hydrogen-bond donors (Lipinski definition) is 1. The van der Waals surface area contributed by atoms with Gasteiger partial charge in [0.05, 0.1) is 5.69 Å². The molecule has 2 aromatic carbocycles. The van der Waals surface area contributed by atoms with E-state index < -0.39 is 0 Å². The first-order valence-corrected chi connectivity index (χ1v) is 9.82. The van der Waals surface area contributed by atoms with Crippen LogP contribution in [0.2, 0.25) is 5.02 Å². The van der Waals surface area contributed by atoms with Crippen LogP contribution in [0.25, 0.3) is 11.9 Å². The van der Waals surface area contributed by atoms with Gasteiger partial charge in [-0.05, 0) is 67.1 Å². The van der Waals surface area contributed by atoms with Crippen LogP contribution in [0.15, 0.2) is 79.0 Å². The van der Waals surface area contributed by atoms with E-state index in [2.05, 4.69) is 20.6 Å². The molecule has 7 nitrogen and oxygen atoms in total. The number of amides is 1. The van der Waals surface area contributed by atoms with Gasteiger partial charge in [-0.2, -0.15) is 5.10 Å². The lowest BCUT2D eigenvalue weighted by Gasteiger charge is -2.07. The van der Waals surface area contributed by atoms with Crippen molar-refractivity contribution >= 4 is 29.3 Å². The van der Waals surface area contributed by atoms with Crippen molar-refractivity contribution in [3.63, 3.8) is 0 Å². The van der Waals surface area contributed by atoms with Gasteiger partial charge in [-0.1, -0.05) is 23.7 Å². The average Bonchev–Trinajstić information content (AvgIpc) is 3.21. The van der Waals surface area contributed by atoms with Crippen molar-refractivity contribution in [2.45, 2.75) is 6.92 Å². The molecule has 0 aliphatic heterocycles. The molecule has 0 saturated heterocycles. The minimum atomic E-state index is -0.237. The fourth-order valence-electron chi connectivity index (χ4n) is 2.69. The Labute approximate surface area is 184 Å². The summed E-state index contributed by atoms with van der Waals surface area (Å²) in [6, 6.07) is 19.6. The summed E-state index contributed by atoms with van der Waals surface area (Å²) >= 11 is 5.85. The van der Waals surface area contributed by atoms with E-state index >= 15 is 0 Å². The van der Waals surface area contributed by atoms with E-state index in [9.17, 15) is 4.79 Å². The molecule has 0 aliphatic carbocycles. The van der Waals surface area contributed by atoms with Crippen molar-refractivity contribution in [2.24, 2.45) is 0 Å². The van der Waals surface area contributed by atoms with Crippen LogP contribution in [0.3, 0.4) is 0 Å². The third kappa shape index (κ3) is 5.55. The fraction of sp³-hybridized carbons (Fsp3) is 0.0435. The van der Waals surface area contributed by atoms with Gasteiger partial charge in [-0.15, -0.1) is 10.2 Å². The minimum absolute atomic E-state index is 0.237. The summed E-state index contributed by atoms with van der Waals surface area (Å²) in [5.41, 5.74) is 2.43. The quantitative estimate of drug-likeness (QED) is 0.431. The Hall–Kier alpha value is -3.97. The van der Waals surface area contributed by atoms with Gasteiger partial charge in [0.2, 0.25) is 11.8 Å². The zero-order valence-corrected chi connectivity index (χ0v) is 17.3. The number of rotatable bonds is 6. The third-order valence-electron chi connectivity index (χ3n) is 4.22. The van der Waals surface area contributed by atoms with E-state index in [-0.39, 0.29) is 5.91 Å². The van der Waals surface area contributed by atoms with Crippen LogP contribution in [0.5, 0.6) is 11.6 Å².